The summed E-state index contributed by atoms with van der Waals surface area (Å²) in [4.78, 5) is 16.6. The van der Waals surface area contributed by atoms with Gasteiger partial charge in [0.05, 0.1) is 22.0 Å². The van der Waals surface area contributed by atoms with E-state index in [0.29, 0.717) is 11.3 Å². The second-order valence-corrected chi connectivity index (χ2v) is 10.7. The summed E-state index contributed by atoms with van der Waals surface area (Å²) in [6.07, 6.45) is 0.844. The van der Waals surface area contributed by atoms with Gasteiger partial charge in [0.1, 0.15) is 6.67 Å². The summed E-state index contributed by atoms with van der Waals surface area (Å²) in [5.41, 5.74) is 5.97. The minimum absolute atomic E-state index is 0.0134. The SMILES string of the molecule is CCC(C)[C@H](N)c1nc(-c2cccc(S(=O)(=O)Nc3cccc(NC(=O)C(C)(C)CF)c3)c2)no1. The van der Waals surface area contributed by atoms with E-state index in [0.717, 1.165) is 6.42 Å². The molecule has 0 saturated carbocycles. The van der Waals surface area contributed by atoms with Crippen molar-refractivity contribution in [1.82, 2.24) is 10.1 Å². The molecule has 11 heteroatoms. The van der Waals surface area contributed by atoms with E-state index in [-0.39, 0.29) is 28.2 Å². The molecule has 2 aromatic carbocycles. The molecule has 4 N–H and O–H groups in total. The van der Waals surface area contributed by atoms with Gasteiger partial charge in [-0.15, -0.1) is 0 Å². The minimum Gasteiger partial charge on any atom is -0.337 e. The molecule has 0 radical (unpaired) electrons. The second kappa shape index (κ2) is 10.5. The number of carbonyl (C=O) groups excluding carboxylic acids is 1. The van der Waals surface area contributed by atoms with Gasteiger partial charge >= 0.3 is 0 Å². The van der Waals surface area contributed by atoms with Crippen LogP contribution in [0, 0.1) is 11.3 Å². The number of hydrogen-bond acceptors (Lipinski definition) is 7. The van der Waals surface area contributed by atoms with Crippen LogP contribution in [0.4, 0.5) is 15.8 Å². The molecular formula is C24H30FN5O4S. The molecule has 1 amide bonds. The van der Waals surface area contributed by atoms with Crippen LogP contribution in [0.2, 0.25) is 0 Å². The van der Waals surface area contributed by atoms with Crippen molar-refractivity contribution < 1.29 is 22.1 Å². The summed E-state index contributed by atoms with van der Waals surface area (Å²) in [7, 11) is -3.98. The molecule has 1 unspecified atom stereocenters. The number of anilines is 2. The van der Waals surface area contributed by atoms with Crippen molar-refractivity contribution in [2.24, 2.45) is 17.1 Å². The highest BCUT2D eigenvalue weighted by molar-refractivity contribution is 7.92. The van der Waals surface area contributed by atoms with Crippen molar-refractivity contribution in [1.29, 1.82) is 0 Å². The molecule has 0 bridgehead atoms. The maximum atomic E-state index is 13.1. The molecule has 0 aliphatic carbocycles. The molecule has 3 aromatic rings. The second-order valence-electron chi connectivity index (χ2n) is 9.05. The normalized spacial score (nSPS) is 13.8. The van der Waals surface area contributed by atoms with E-state index in [1.54, 1.807) is 30.3 Å². The summed E-state index contributed by atoms with van der Waals surface area (Å²) >= 11 is 0. The van der Waals surface area contributed by atoms with E-state index >= 15 is 0 Å². The lowest BCUT2D eigenvalue weighted by atomic mass is 9.94. The average molecular weight is 504 g/mol. The van der Waals surface area contributed by atoms with Gasteiger partial charge in [0.25, 0.3) is 10.0 Å². The van der Waals surface area contributed by atoms with Gasteiger partial charge in [-0.2, -0.15) is 4.98 Å². The molecule has 0 aliphatic rings. The smallest absolute Gasteiger partial charge is 0.261 e. The number of halogens is 1. The molecule has 0 fully saturated rings. The highest BCUT2D eigenvalue weighted by atomic mass is 32.2. The largest absolute Gasteiger partial charge is 0.337 e. The number of nitrogens with zero attached hydrogens (tertiary/aromatic N) is 2. The number of carbonyl (C=O) groups is 1. The Hall–Kier alpha value is -3.31. The first-order valence-electron chi connectivity index (χ1n) is 11.2. The third kappa shape index (κ3) is 6.23. The number of sulfonamides is 1. The minimum atomic E-state index is -3.98. The van der Waals surface area contributed by atoms with Crippen molar-refractivity contribution >= 4 is 27.3 Å². The summed E-state index contributed by atoms with van der Waals surface area (Å²) in [6.45, 7) is 6.12. The zero-order chi connectivity index (χ0) is 25.8. The van der Waals surface area contributed by atoms with Crippen LogP contribution in [0.3, 0.4) is 0 Å². The highest BCUT2D eigenvalue weighted by Gasteiger charge is 2.28. The molecule has 0 spiro atoms. The fourth-order valence-corrected chi connectivity index (χ4v) is 4.12. The molecule has 0 aliphatic heterocycles. The first-order valence-corrected chi connectivity index (χ1v) is 12.6. The Kier molecular flexibility index (Phi) is 7.91. The van der Waals surface area contributed by atoms with Gasteiger partial charge < -0.3 is 15.6 Å². The summed E-state index contributed by atoms with van der Waals surface area (Å²) in [6, 6.07) is 11.9. The van der Waals surface area contributed by atoms with Crippen molar-refractivity contribution in [3.05, 3.63) is 54.4 Å². The van der Waals surface area contributed by atoms with Crippen LogP contribution in [-0.4, -0.2) is 31.1 Å². The average Bonchev–Trinajstić information content (AvgIpc) is 3.33. The van der Waals surface area contributed by atoms with Gasteiger partial charge in [0.2, 0.25) is 17.6 Å². The molecule has 188 valence electrons. The van der Waals surface area contributed by atoms with Crippen molar-refractivity contribution in [2.75, 3.05) is 16.7 Å². The van der Waals surface area contributed by atoms with Crippen LogP contribution in [-0.2, 0) is 14.8 Å². The lowest BCUT2D eigenvalue weighted by Crippen LogP contribution is -2.32. The van der Waals surface area contributed by atoms with Gasteiger partial charge in [0.15, 0.2) is 0 Å². The Morgan fingerprint density at radius 2 is 1.86 bits per heavy atom. The molecule has 2 atom stereocenters. The zero-order valence-electron chi connectivity index (χ0n) is 20.1. The first-order chi connectivity index (χ1) is 16.5. The third-order valence-electron chi connectivity index (χ3n) is 5.71. The maximum absolute atomic E-state index is 13.1. The lowest BCUT2D eigenvalue weighted by Gasteiger charge is -2.19. The fourth-order valence-electron chi connectivity index (χ4n) is 3.02. The molecular weight excluding hydrogens is 473 g/mol. The van der Waals surface area contributed by atoms with Crippen LogP contribution >= 0.6 is 0 Å². The first kappa shape index (κ1) is 26.3. The predicted molar refractivity (Wildman–Crippen MR) is 132 cm³/mol. The Balaban J connectivity index is 1.80. The number of hydrogen-bond donors (Lipinski definition) is 3. The number of nitrogens with one attached hydrogen (secondary N) is 2. The molecule has 9 nitrogen and oxygen atoms in total. The van der Waals surface area contributed by atoms with Gasteiger partial charge in [-0.1, -0.05) is 43.6 Å². The van der Waals surface area contributed by atoms with Crippen LogP contribution in [0.15, 0.2) is 57.9 Å². The summed E-state index contributed by atoms with van der Waals surface area (Å²) in [5.74, 6) is 0.148. The Bertz CT molecular complexity index is 1290. The highest BCUT2D eigenvalue weighted by Crippen LogP contribution is 2.26. The Labute approximate surface area is 204 Å². The maximum Gasteiger partial charge on any atom is 0.261 e. The number of amides is 1. The summed E-state index contributed by atoms with van der Waals surface area (Å²) in [5, 5.41) is 6.55. The van der Waals surface area contributed by atoms with Crippen molar-refractivity contribution in [3.8, 4) is 11.4 Å². The molecule has 1 aromatic heterocycles. The van der Waals surface area contributed by atoms with E-state index in [1.165, 1.54) is 32.0 Å². The Morgan fingerprint density at radius 1 is 1.17 bits per heavy atom. The van der Waals surface area contributed by atoms with Gasteiger partial charge in [-0.3, -0.25) is 9.52 Å². The molecule has 3 rings (SSSR count). The number of rotatable bonds is 10. The van der Waals surface area contributed by atoms with E-state index in [9.17, 15) is 17.6 Å². The van der Waals surface area contributed by atoms with Crippen LogP contribution in [0.5, 0.6) is 0 Å². The van der Waals surface area contributed by atoms with E-state index < -0.39 is 34.1 Å². The van der Waals surface area contributed by atoms with Gasteiger partial charge in [0, 0.05) is 11.3 Å². The monoisotopic (exact) mass is 503 g/mol. The number of aromatic nitrogens is 2. The fraction of sp³-hybridized carbons (Fsp3) is 0.375. The number of benzene rings is 2. The molecule has 35 heavy (non-hydrogen) atoms. The van der Waals surface area contributed by atoms with Gasteiger partial charge in [-0.25, -0.2) is 12.8 Å². The van der Waals surface area contributed by atoms with Crippen LogP contribution in [0.25, 0.3) is 11.4 Å². The number of nitrogens with two attached hydrogens (primary N) is 1. The van der Waals surface area contributed by atoms with Crippen molar-refractivity contribution in [2.45, 2.75) is 45.1 Å². The lowest BCUT2D eigenvalue weighted by molar-refractivity contribution is -0.124. The summed E-state index contributed by atoms with van der Waals surface area (Å²) < 4.78 is 46.9. The van der Waals surface area contributed by atoms with E-state index in [4.69, 9.17) is 10.3 Å². The van der Waals surface area contributed by atoms with Crippen molar-refractivity contribution in [3.63, 3.8) is 0 Å². The van der Waals surface area contributed by atoms with E-state index in [2.05, 4.69) is 20.2 Å². The number of alkyl halides is 1. The van der Waals surface area contributed by atoms with Crippen LogP contribution in [0.1, 0.15) is 46.0 Å². The zero-order valence-corrected chi connectivity index (χ0v) is 20.9. The van der Waals surface area contributed by atoms with E-state index in [1.807, 2.05) is 13.8 Å². The molecule has 0 saturated heterocycles. The molecule has 1 heterocycles. The quantitative estimate of drug-likeness (QED) is 0.369. The van der Waals surface area contributed by atoms with Crippen LogP contribution < -0.4 is 15.8 Å². The van der Waals surface area contributed by atoms with Gasteiger partial charge in [-0.05, 0) is 50.1 Å². The third-order valence-corrected chi connectivity index (χ3v) is 7.09. The predicted octanol–water partition coefficient (Wildman–Crippen LogP) is 4.52. The standard InChI is InChI=1S/C24H30FN5O4S/c1-5-15(2)20(26)22-28-21(29-34-22)16-8-6-11-19(12-16)35(32,33)30-18-10-7-9-17(13-18)27-23(31)24(3,4)14-25/h6-13,15,20,30H,5,14,26H2,1-4H3,(H,27,31)/t15?,20-/m0/s1. The Morgan fingerprint density at radius 3 is 2.54 bits per heavy atom. The topological polar surface area (TPSA) is 140 Å².